The molecule has 0 amide bonds. The zero-order chi connectivity index (χ0) is 26.6. The Hall–Kier alpha value is -3.59. The Morgan fingerprint density at radius 2 is 1.79 bits per heavy atom. The standard InChI is InChI=1S/C28H23ClF4N4O/c1-16-27-36(18-7-8-18)13-14-37(27)21-11-9-19(28(31,32)33)24(29)23(21)26(34-16)25-20(30)10-12-22(35-25)38-15-17-5-3-2-4-6-17/h2-6,9-14,16,18,27H,7-8,15H2,1H3/t16-,27?/m0/s1. The Morgan fingerprint density at radius 1 is 1.03 bits per heavy atom. The summed E-state index contributed by atoms with van der Waals surface area (Å²) in [4.78, 5) is 13.2. The number of ether oxygens (including phenoxy) is 1. The molecule has 2 atom stereocenters. The lowest BCUT2D eigenvalue weighted by Gasteiger charge is -2.34. The van der Waals surface area contributed by atoms with E-state index in [1.807, 2.05) is 54.6 Å². The van der Waals surface area contributed by atoms with Crippen molar-refractivity contribution in [3.63, 3.8) is 0 Å². The zero-order valence-electron chi connectivity index (χ0n) is 20.3. The van der Waals surface area contributed by atoms with Gasteiger partial charge in [-0.3, -0.25) is 4.99 Å². The highest BCUT2D eigenvalue weighted by Gasteiger charge is 2.45. The van der Waals surface area contributed by atoms with Gasteiger partial charge in [-0.15, -0.1) is 0 Å². The van der Waals surface area contributed by atoms with E-state index in [1.165, 1.54) is 18.2 Å². The Balaban J connectivity index is 1.48. The zero-order valence-corrected chi connectivity index (χ0v) is 21.0. The molecule has 2 aromatic carbocycles. The van der Waals surface area contributed by atoms with Gasteiger partial charge in [0.2, 0.25) is 5.88 Å². The van der Waals surface area contributed by atoms with E-state index in [2.05, 4.69) is 9.88 Å². The van der Waals surface area contributed by atoms with E-state index in [9.17, 15) is 13.2 Å². The first-order chi connectivity index (χ1) is 18.2. The molecule has 3 heterocycles. The molecule has 1 unspecified atom stereocenters. The quantitative estimate of drug-likeness (QED) is 0.333. The predicted octanol–water partition coefficient (Wildman–Crippen LogP) is 6.79. The second-order valence-corrected chi connectivity index (χ2v) is 9.97. The molecule has 3 aromatic rings. The minimum absolute atomic E-state index is 0.00949. The van der Waals surface area contributed by atoms with Gasteiger partial charge in [0, 0.05) is 30.1 Å². The monoisotopic (exact) mass is 542 g/mol. The molecule has 0 saturated heterocycles. The topological polar surface area (TPSA) is 41.0 Å². The van der Waals surface area contributed by atoms with Crippen LogP contribution in [-0.4, -0.2) is 33.8 Å². The smallest absolute Gasteiger partial charge is 0.417 e. The van der Waals surface area contributed by atoms with Gasteiger partial charge in [0.05, 0.1) is 28.0 Å². The summed E-state index contributed by atoms with van der Waals surface area (Å²) in [5, 5.41) is -0.545. The summed E-state index contributed by atoms with van der Waals surface area (Å²) in [7, 11) is 0. The summed E-state index contributed by atoms with van der Waals surface area (Å²) in [6, 6.07) is 14.2. The minimum atomic E-state index is -4.71. The van der Waals surface area contributed by atoms with Crippen molar-refractivity contribution in [1.82, 2.24) is 9.88 Å². The third-order valence-electron chi connectivity index (χ3n) is 6.94. The molecule has 0 N–H and O–H groups in total. The van der Waals surface area contributed by atoms with E-state index in [1.54, 1.807) is 0 Å². The number of hydrogen-bond donors (Lipinski definition) is 0. The molecule has 0 radical (unpaired) electrons. The summed E-state index contributed by atoms with van der Waals surface area (Å²) >= 11 is 6.46. The van der Waals surface area contributed by atoms with Crippen LogP contribution in [-0.2, 0) is 12.8 Å². The Kier molecular flexibility index (Phi) is 6.06. The Labute approximate surface area is 222 Å². The largest absolute Gasteiger partial charge is 0.473 e. The van der Waals surface area contributed by atoms with Gasteiger partial charge in [0.25, 0.3) is 0 Å². The Bertz CT molecular complexity index is 1440. The fourth-order valence-corrected chi connectivity index (χ4v) is 5.38. The van der Waals surface area contributed by atoms with Gasteiger partial charge in [-0.05, 0) is 43.5 Å². The lowest BCUT2D eigenvalue weighted by molar-refractivity contribution is -0.137. The predicted molar refractivity (Wildman–Crippen MR) is 137 cm³/mol. The average molecular weight is 543 g/mol. The highest BCUT2D eigenvalue weighted by Crippen LogP contribution is 2.45. The van der Waals surface area contributed by atoms with E-state index < -0.39 is 28.6 Å². The van der Waals surface area contributed by atoms with Crippen molar-refractivity contribution < 1.29 is 22.3 Å². The number of hydrogen-bond acceptors (Lipinski definition) is 5. The van der Waals surface area contributed by atoms with Crippen LogP contribution < -0.4 is 9.64 Å². The molecular weight excluding hydrogens is 520 g/mol. The summed E-state index contributed by atoms with van der Waals surface area (Å²) in [5.74, 6) is -0.617. The third-order valence-corrected chi connectivity index (χ3v) is 7.33. The molecule has 1 aromatic heterocycles. The number of anilines is 1. The van der Waals surface area contributed by atoms with Crippen molar-refractivity contribution >= 4 is 23.0 Å². The first kappa shape index (κ1) is 24.7. The maximum atomic E-state index is 15.3. The number of benzene rings is 2. The number of nitrogens with zero attached hydrogens (tertiary/aromatic N) is 4. The van der Waals surface area contributed by atoms with E-state index in [0.717, 1.165) is 24.5 Å². The van der Waals surface area contributed by atoms with E-state index in [0.29, 0.717) is 11.7 Å². The summed E-state index contributed by atoms with van der Waals surface area (Å²) in [6.45, 7) is 2.05. The molecule has 1 fully saturated rings. The number of halogens is 5. The number of alkyl halides is 3. The average Bonchev–Trinajstić information content (AvgIpc) is 3.66. The van der Waals surface area contributed by atoms with Gasteiger partial charge in [0.15, 0.2) is 5.82 Å². The van der Waals surface area contributed by atoms with Crippen LogP contribution >= 0.6 is 11.6 Å². The summed E-state index contributed by atoms with van der Waals surface area (Å²) < 4.78 is 62.8. The molecule has 2 aliphatic heterocycles. The van der Waals surface area contributed by atoms with Crippen LogP contribution in [0.1, 0.15) is 42.1 Å². The summed E-state index contributed by atoms with van der Waals surface area (Å²) in [6.07, 6.45) is 0.814. The van der Waals surface area contributed by atoms with Crippen LogP contribution in [0, 0.1) is 5.82 Å². The molecule has 0 spiro atoms. The number of aliphatic imine (C=N–C) groups is 1. The lowest BCUT2D eigenvalue weighted by atomic mass is 10.00. The molecule has 1 aliphatic carbocycles. The maximum absolute atomic E-state index is 15.3. The number of rotatable bonds is 5. The highest BCUT2D eigenvalue weighted by molar-refractivity contribution is 6.37. The van der Waals surface area contributed by atoms with Crippen molar-refractivity contribution in [2.45, 2.75) is 50.8 Å². The fraction of sp³-hybridized carbons (Fsp3) is 0.286. The molecule has 5 nitrogen and oxygen atoms in total. The normalized spacial score (nSPS) is 20.6. The molecular formula is C28H23ClF4N4O. The van der Waals surface area contributed by atoms with Gasteiger partial charge in [0.1, 0.15) is 18.5 Å². The van der Waals surface area contributed by atoms with Crippen LogP contribution in [0.15, 0.2) is 72.0 Å². The summed E-state index contributed by atoms with van der Waals surface area (Å²) in [5.41, 5.74) is 0.0158. The lowest BCUT2D eigenvalue weighted by Crippen LogP contribution is -2.46. The van der Waals surface area contributed by atoms with Gasteiger partial charge in [-0.25, -0.2) is 9.37 Å². The molecule has 3 aliphatic rings. The minimum Gasteiger partial charge on any atom is -0.473 e. The molecule has 6 rings (SSSR count). The molecule has 0 bridgehead atoms. The first-order valence-corrected chi connectivity index (χ1v) is 12.7. The third kappa shape index (κ3) is 4.38. The molecule has 38 heavy (non-hydrogen) atoms. The van der Waals surface area contributed by atoms with Crippen LogP contribution in [0.2, 0.25) is 5.02 Å². The van der Waals surface area contributed by atoms with Gasteiger partial charge in [-0.1, -0.05) is 41.9 Å². The van der Waals surface area contributed by atoms with E-state index in [-0.39, 0.29) is 35.6 Å². The van der Waals surface area contributed by atoms with Crippen LogP contribution in [0.5, 0.6) is 5.88 Å². The maximum Gasteiger partial charge on any atom is 0.417 e. The van der Waals surface area contributed by atoms with E-state index >= 15 is 4.39 Å². The number of aromatic nitrogens is 1. The SMILES string of the molecule is C[C@@H]1N=C(c2nc(OCc3ccccc3)ccc2F)c2c(ccc(C(F)(F)F)c2Cl)N2C=CN(C3CC3)C12. The van der Waals surface area contributed by atoms with Crippen molar-refractivity contribution in [2.24, 2.45) is 4.99 Å². The van der Waals surface area contributed by atoms with E-state index in [4.69, 9.17) is 21.3 Å². The van der Waals surface area contributed by atoms with Crippen LogP contribution in [0.3, 0.4) is 0 Å². The fourth-order valence-electron chi connectivity index (χ4n) is 5.03. The Morgan fingerprint density at radius 3 is 2.50 bits per heavy atom. The number of pyridine rings is 1. The first-order valence-electron chi connectivity index (χ1n) is 12.3. The van der Waals surface area contributed by atoms with Crippen molar-refractivity contribution in [1.29, 1.82) is 0 Å². The van der Waals surface area contributed by atoms with Gasteiger partial charge < -0.3 is 14.5 Å². The van der Waals surface area contributed by atoms with Gasteiger partial charge >= 0.3 is 6.18 Å². The number of fused-ring (bicyclic) bond motifs is 3. The van der Waals surface area contributed by atoms with Crippen molar-refractivity contribution in [2.75, 3.05) is 4.90 Å². The molecule has 10 heteroatoms. The second kappa shape index (κ2) is 9.31. The van der Waals surface area contributed by atoms with Crippen LogP contribution in [0.25, 0.3) is 0 Å². The second-order valence-electron chi connectivity index (χ2n) is 9.59. The van der Waals surface area contributed by atoms with Gasteiger partial charge in [-0.2, -0.15) is 13.2 Å². The molecule has 196 valence electrons. The highest BCUT2D eigenvalue weighted by atomic mass is 35.5. The van der Waals surface area contributed by atoms with Crippen LogP contribution in [0.4, 0.5) is 23.2 Å². The van der Waals surface area contributed by atoms with Crippen molar-refractivity contribution in [3.8, 4) is 5.88 Å². The molecule has 1 saturated carbocycles. The van der Waals surface area contributed by atoms with Crippen molar-refractivity contribution in [3.05, 3.63) is 100 Å².